The van der Waals surface area contributed by atoms with Gasteiger partial charge < -0.3 is 9.88 Å². The molecule has 2 aromatic heterocycles. The molecule has 0 unspecified atom stereocenters. The Morgan fingerprint density at radius 1 is 0.962 bits per heavy atom. The molecular formula is C20H18ClN5. The molecule has 0 aliphatic heterocycles. The summed E-state index contributed by atoms with van der Waals surface area (Å²) in [6.07, 6.45) is 1.72. The number of nitrogens with one attached hydrogen (secondary N) is 1. The van der Waals surface area contributed by atoms with E-state index in [1.807, 2.05) is 23.7 Å². The fourth-order valence-corrected chi connectivity index (χ4v) is 3.27. The molecule has 0 radical (unpaired) electrons. The summed E-state index contributed by atoms with van der Waals surface area (Å²) in [5.41, 5.74) is 3.91. The minimum Gasteiger partial charge on any atom is -0.367 e. The number of hydrogen-bond acceptors (Lipinski definition) is 4. The number of imidazole rings is 1. The fraction of sp³-hybridized carbons (Fsp3) is 0.150. The van der Waals surface area contributed by atoms with Crippen molar-refractivity contribution in [3.05, 3.63) is 83.4 Å². The molecule has 6 heteroatoms. The second-order valence-corrected chi connectivity index (χ2v) is 6.46. The van der Waals surface area contributed by atoms with Gasteiger partial charge in [0.05, 0.1) is 6.33 Å². The number of hydrogen-bond donors (Lipinski definition) is 1. The first-order valence-electron chi connectivity index (χ1n) is 8.40. The maximum absolute atomic E-state index is 6.10. The van der Waals surface area contributed by atoms with Gasteiger partial charge >= 0.3 is 0 Å². The van der Waals surface area contributed by atoms with E-state index < -0.39 is 0 Å². The van der Waals surface area contributed by atoms with E-state index >= 15 is 0 Å². The highest BCUT2D eigenvalue weighted by atomic mass is 35.5. The predicted molar refractivity (Wildman–Crippen MR) is 105 cm³/mol. The molecule has 0 atom stereocenters. The molecule has 4 aromatic rings. The fourth-order valence-electron chi connectivity index (χ4n) is 3.10. The molecule has 0 fully saturated rings. The van der Waals surface area contributed by atoms with Crippen LogP contribution in [0.15, 0.2) is 67.0 Å². The van der Waals surface area contributed by atoms with Gasteiger partial charge in [-0.15, -0.1) is 0 Å². The summed E-state index contributed by atoms with van der Waals surface area (Å²) in [6.45, 7) is 0.674. The third-order valence-corrected chi connectivity index (χ3v) is 4.58. The van der Waals surface area contributed by atoms with E-state index in [2.05, 4.69) is 68.8 Å². The van der Waals surface area contributed by atoms with Crippen LogP contribution in [0.4, 0.5) is 5.82 Å². The summed E-state index contributed by atoms with van der Waals surface area (Å²) in [5.74, 6) is 0.836. The highest BCUT2D eigenvalue weighted by Gasteiger charge is 2.16. The van der Waals surface area contributed by atoms with Crippen molar-refractivity contribution in [1.82, 2.24) is 19.5 Å². The number of rotatable bonds is 5. The van der Waals surface area contributed by atoms with Crippen molar-refractivity contribution in [1.29, 1.82) is 0 Å². The Kier molecular flexibility index (Phi) is 4.54. The van der Waals surface area contributed by atoms with E-state index in [0.29, 0.717) is 18.0 Å². The van der Waals surface area contributed by atoms with Crippen LogP contribution in [-0.4, -0.2) is 26.1 Å². The van der Waals surface area contributed by atoms with Gasteiger partial charge in [-0.1, -0.05) is 60.7 Å². The molecule has 130 valence electrons. The first-order valence-corrected chi connectivity index (χ1v) is 8.78. The number of anilines is 1. The smallest absolute Gasteiger partial charge is 0.226 e. The Morgan fingerprint density at radius 2 is 1.58 bits per heavy atom. The third-order valence-electron chi connectivity index (χ3n) is 4.41. The minimum absolute atomic E-state index is 0.185. The van der Waals surface area contributed by atoms with Crippen molar-refractivity contribution in [2.24, 2.45) is 7.05 Å². The first-order chi connectivity index (χ1) is 12.7. The van der Waals surface area contributed by atoms with Crippen molar-refractivity contribution >= 4 is 28.6 Å². The van der Waals surface area contributed by atoms with Crippen LogP contribution in [0.3, 0.4) is 0 Å². The van der Waals surface area contributed by atoms with E-state index in [1.165, 1.54) is 11.1 Å². The van der Waals surface area contributed by atoms with E-state index in [0.717, 1.165) is 5.52 Å². The predicted octanol–water partition coefficient (Wildman–Crippen LogP) is 4.26. The summed E-state index contributed by atoms with van der Waals surface area (Å²) in [5, 5.41) is 3.64. The summed E-state index contributed by atoms with van der Waals surface area (Å²) < 4.78 is 1.83. The topological polar surface area (TPSA) is 55.6 Å². The molecular weight excluding hydrogens is 346 g/mol. The van der Waals surface area contributed by atoms with E-state index in [1.54, 1.807) is 6.33 Å². The Bertz CT molecular complexity index is 975. The van der Waals surface area contributed by atoms with Gasteiger partial charge in [0.1, 0.15) is 0 Å². The molecule has 0 aliphatic carbocycles. The van der Waals surface area contributed by atoms with Crippen molar-refractivity contribution in [3.63, 3.8) is 0 Å². The number of aromatic nitrogens is 4. The highest BCUT2D eigenvalue weighted by molar-refractivity contribution is 6.28. The van der Waals surface area contributed by atoms with Gasteiger partial charge in [0, 0.05) is 19.5 Å². The van der Waals surface area contributed by atoms with Gasteiger partial charge in [0.25, 0.3) is 0 Å². The summed E-state index contributed by atoms with van der Waals surface area (Å²) >= 11 is 6.10. The number of halogens is 1. The molecule has 5 nitrogen and oxygen atoms in total. The maximum atomic E-state index is 6.10. The van der Waals surface area contributed by atoms with Crippen LogP contribution < -0.4 is 5.32 Å². The molecule has 1 N–H and O–H groups in total. The Morgan fingerprint density at radius 3 is 2.19 bits per heavy atom. The van der Waals surface area contributed by atoms with Gasteiger partial charge in [0.15, 0.2) is 17.0 Å². The van der Waals surface area contributed by atoms with Crippen molar-refractivity contribution in [3.8, 4) is 0 Å². The molecule has 2 aromatic carbocycles. The zero-order valence-corrected chi connectivity index (χ0v) is 15.1. The van der Waals surface area contributed by atoms with Crippen molar-refractivity contribution < 1.29 is 0 Å². The number of aryl methyl sites for hydroxylation is 1. The van der Waals surface area contributed by atoms with Crippen LogP contribution in [0.2, 0.25) is 5.28 Å². The second-order valence-electron chi connectivity index (χ2n) is 6.12. The van der Waals surface area contributed by atoms with Gasteiger partial charge in [-0.25, -0.2) is 4.98 Å². The molecule has 0 amide bonds. The minimum atomic E-state index is 0.185. The molecule has 2 heterocycles. The summed E-state index contributed by atoms with van der Waals surface area (Å²) in [7, 11) is 1.89. The standard InChI is InChI=1S/C20H18ClN5/c1-26-13-23-17-18(24-20(21)25-19(17)26)22-12-16(14-8-4-2-5-9-14)15-10-6-3-7-11-15/h2-11,13,16H,12H2,1H3,(H,22,24,25). The lowest BCUT2D eigenvalue weighted by atomic mass is 9.91. The zero-order chi connectivity index (χ0) is 17.9. The van der Waals surface area contributed by atoms with E-state index in [4.69, 9.17) is 11.6 Å². The van der Waals surface area contributed by atoms with Crippen LogP contribution in [0.25, 0.3) is 11.2 Å². The molecule has 0 saturated heterocycles. The molecule has 0 aliphatic rings. The number of fused-ring (bicyclic) bond motifs is 1. The van der Waals surface area contributed by atoms with Crippen LogP contribution >= 0.6 is 11.6 Å². The van der Waals surface area contributed by atoms with Crippen LogP contribution in [-0.2, 0) is 7.05 Å². The number of benzene rings is 2. The quantitative estimate of drug-likeness (QED) is 0.538. The lowest BCUT2D eigenvalue weighted by Crippen LogP contribution is -2.15. The molecule has 0 saturated carbocycles. The average molecular weight is 364 g/mol. The zero-order valence-electron chi connectivity index (χ0n) is 14.3. The lowest BCUT2D eigenvalue weighted by molar-refractivity contribution is 0.848. The second kappa shape index (κ2) is 7.14. The van der Waals surface area contributed by atoms with Gasteiger partial charge in [-0.05, 0) is 22.7 Å². The van der Waals surface area contributed by atoms with Crippen molar-refractivity contribution in [2.45, 2.75) is 5.92 Å². The van der Waals surface area contributed by atoms with E-state index in [-0.39, 0.29) is 11.2 Å². The van der Waals surface area contributed by atoms with Crippen LogP contribution in [0.5, 0.6) is 0 Å². The van der Waals surface area contributed by atoms with E-state index in [9.17, 15) is 0 Å². The van der Waals surface area contributed by atoms with Gasteiger partial charge in [0.2, 0.25) is 5.28 Å². The monoisotopic (exact) mass is 363 g/mol. The first kappa shape index (κ1) is 16.5. The Balaban J connectivity index is 1.68. The largest absolute Gasteiger partial charge is 0.367 e. The lowest BCUT2D eigenvalue weighted by Gasteiger charge is -2.19. The molecule has 26 heavy (non-hydrogen) atoms. The Hall–Kier alpha value is -2.92. The van der Waals surface area contributed by atoms with Gasteiger partial charge in [-0.2, -0.15) is 9.97 Å². The highest BCUT2D eigenvalue weighted by Crippen LogP contribution is 2.26. The molecule has 0 bridgehead atoms. The maximum Gasteiger partial charge on any atom is 0.226 e. The molecule has 4 rings (SSSR count). The average Bonchev–Trinajstić information content (AvgIpc) is 3.04. The van der Waals surface area contributed by atoms with Gasteiger partial charge in [-0.3, -0.25) is 0 Å². The summed E-state index contributed by atoms with van der Waals surface area (Å²) in [4.78, 5) is 13.0. The van der Waals surface area contributed by atoms with Crippen LogP contribution in [0, 0.1) is 0 Å². The van der Waals surface area contributed by atoms with Crippen LogP contribution in [0.1, 0.15) is 17.0 Å². The third kappa shape index (κ3) is 3.26. The summed E-state index contributed by atoms with van der Waals surface area (Å²) in [6, 6.07) is 20.9. The molecule has 0 spiro atoms. The van der Waals surface area contributed by atoms with Crippen molar-refractivity contribution in [2.75, 3.05) is 11.9 Å². The SMILES string of the molecule is Cn1cnc2c(NCC(c3ccccc3)c3ccccc3)nc(Cl)nc21. The normalized spacial score (nSPS) is 11.2. The number of nitrogens with zero attached hydrogens (tertiary/aromatic N) is 4. The Labute approximate surface area is 156 Å².